The second kappa shape index (κ2) is 10.7. The molecule has 3 fully saturated rings. The first kappa shape index (κ1) is 28.2. The number of fused-ring (bicyclic) bond motifs is 4. The molecule has 9 nitrogen and oxygen atoms in total. The van der Waals surface area contributed by atoms with Crippen LogP contribution in [-0.4, -0.2) is 88.8 Å². The molecule has 232 valence electrons. The lowest BCUT2D eigenvalue weighted by Crippen LogP contribution is -2.43. The number of benzene rings is 2. The number of rotatable bonds is 4. The van der Waals surface area contributed by atoms with Crippen LogP contribution in [-0.2, 0) is 4.74 Å². The zero-order valence-corrected chi connectivity index (χ0v) is 25.0. The minimum absolute atomic E-state index is 0.00905. The Balaban J connectivity index is 1.33. The molecular weight excluding hydrogens is 580 g/mol. The van der Waals surface area contributed by atoms with Crippen LogP contribution in [0.1, 0.15) is 36.8 Å². The lowest BCUT2D eigenvalue weighted by atomic mass is 9.93. The van der Waals surface area contributed by atoms with Crippen molar-refractivity contribution in [2.24, 2.45) is 0 Å². The largest absolute Gasteiger partial charge is 0.508 e. The average molecular weight is 614 g/mol. The molecule has 2 aromatic heterocycles. The van der Waals surface area contributed by atoms with Gasteiger partial charge >= 0.3 is 6.01 Å². The summed E-state index contributed by atoms with van der Waals surface area (Å²) in [4.78, 5) is 18.4. The zero-order valence-electron chi connectivity index (χ0n) is 25.0. The lowest BCUT2D eigenvalue weighted by molar-refractivity contribution is 0.107. The summed E-state index contributed by atoms with van der Waals surface area (Å²) >= 11 is 0. The number of aromatic hydroxyl groups is 1. The molecule has 8 rings (SSSR count). The Morgan fingerprint density at radius 3 is 2.91 bits per heavy atom. The number of aromatic nitrogens is 3. The highest BCUT2D eigenvalue weighted by Gasteiger charge is 2.49. The predicted octanol–water partition coefficient (Wildman–Crippen LogP) is 4.92. The van der Waals surface area contributed by atoms with Gasteiger partial charge in [0.15, 0.2) is 5.82 Å². The molecule has 2 aromatic carbocycles. The van der Waals surface area contributed by atoms with Crippen molar-refractivity contribution in [1.82, 2.24) is 19.9 Å². The monoisotopic (exact) mass is 613 g/mol. The number of aryl methyl sites for hydroxylation is 1. The van der Waals surface area contributed by atoms with Gasteiger partial charge in [0.2, 0.25) is 5.88 Å². The minimum Gasteiger partial charge on any atom is -0.508 e. The Morgan fingerprint density at radius 1 is 1.16 bits per heavy atom. The van der Waals surface area contributed by atoms with Gasteiger partial charge in [-0.05, 0) is 55.8 Å². The molecular formula is C34H33F2N5O4. The van der Waals surface area contributed by atoms with Crippen LogP contribution >= 0.6 is 0 Å². The van der Waals surface area contributed by atoms with Crippen molar-refractivity contribution < 1.29 is 28.1 Å². The fourth-order valence-corrected chi connectivity index (χ4v) is 7.65. The number of alkyl halides is 1. The van der Waals surface area contributed by atoms with Gasteiger partial charge in [0, 0.05) is 42.6 Å². The van der Waals surface area contributed by atoms with Gasteiger partial charge in [-0.3, -0.25) is 4.90 Å². The van der Waals surface area contributed by atoms with Crippen LogP contribution < -0.4 is 14.4 Å². The van der Waals surface area contributed by atoms with Crippen molar-refractivity contribution in [3.05, 3.63) is 41.2 Å². The Hall–Kier alpha value is -4.27. The highest BCUT2D eigenvalue weighted by atomic mass is 19.1. The zero-order chi connectivity index (χ0) is 30.9. The number of nitrogens with zero attached hydrogens (tertiary/aromatic N) is 5. The molecule has 6 heterocycles. The summed E-state index contributed by atoms with van der Waals surface area (Å²) in [6.07, 6.45) is 7.95. The first-order chi connectivity index (χ1) is 21.8. The average Bonchev–Trinajstić information content (AvgIpc) is 3.38. The van der Waals surface area contributed by atoms with Crippen LogP contribution in [0.5, 0.6) is 17.6 Å². The van der Waals surface area contributed by atoms with Gasteiger partial charge in [0.05, 0.1) is 18.2 Å². The van der Waals surface area contributed by atoms with Crippen LogP contribution in [0.2, 0.25) is 0 Å². The molecule has 0 bridgehead atoms. The number of phenolic OH excluding ortho intramolecular Hbond substituents is 1. The van der Waals surface area contributed by atoms with Gasteiger partial charge in [0.25, 0.3) is 0 Å². The molecule has 11 heteroatoms. The molecule has 45 heavy (non-hydrogen) atoms. The molecule has 1 N–H and O–H groups in total. The summed E-state index contributed by atoms with van der Waals surface area (Å²) in [5.74, 6) is 2.61. The van der Waals surface area contributed by atoms with E-state index in [2.05, 4.69) is 20.7 Å². The molecule has 0 aliphatic carbocycles. The van der Waals surface area contributed by atoms with Gasteiger partial charge in [-0.25, -0.2) is 13.8 Å². The molecule has 3 saturated heterocycles. The molecule has 0 saturated carbocycles. The summed E-state index contributed by atoms with van der Waals surface area (Å²) < 4.78 is 49.9. The van der Waals surface area contributed by atoms with Crippen LogP contribution in [0, 0.1) is 25.1 Å². The molecule has 0 unspecified atom stereocenters. The highest BCUT2D eigenvalue weighted by Crippen LogP contribution is 2.44. The van der Waals surface area contributed by atoms with Crippen molar-refractivity contribution in [3.8, 4) is 41.2 Å². The van der Waals surface area contributed by atoms with Crippen LogP contribution in [0.4, 0.5) is 14.6 Å². The summed E-state index contributed by atoms with van der Waals surface area (Å²) in [5.41, 5.74) is 1.25. The number of hydrogen-bond acceptors (Lipinski definition) is 9. The van der Waals surface area contributed by atoms with Crippen molar-refractivity contribution in [2.75, 3.05) is 51.0 Å². The first-order valence-corrected chi connectivity index (χ1v) is 15.5. The topological polar surface area (TPSA) is 93.1 Å². The third kappa shape index (κ3) is 4.53. The third-order valence-corrected chi connectivity index (χ3v) is 9.78. The predicted molar refractivity (Wildman–Crippen MR) is 165 cm³/mol. The van der Waals surface area contributed by atoms with E-state index in [-0.39, 0.29) is 48.1 Å². The Morgan fingerprint density at radius 2 is 2.04 bits per heavy atom. The minimum atomic E-state index is -0.909. The summed E-state index contributed by atoms with van der Waals surface area (Å²) in [6, 6.07) is 6.58. The second-order valence-electron chi connectivity index (χ2n) is 12.6. The number of pyridine rings is 1. The Bertz CT molecular complexity index is 1900. The standard InChI is InChI=1S/C34H33F2N5O4/c1-3-24-19(2)6-7-20-12-23(42)13-25(26(20)24)29-28(36)30-27-31(41-10-5-11-43-16-22(41)17-44-32(27)37-29)39-33(38-30)45-18-34-8-4-9-40(34)15-21(35)14-34/h1,6-7,12-13,21-22,42H,4-5,8-11,14-18H2,2H3/t21-,22+,34+/m1/s1. The lowest BCUT2D eigenvalue weighted by Gasteiger charge is -2.31. The molecule has 0 spiro atoms. The van der Waals surface area contributed by atoms with Crippen molar-refractivity contribution in [2.45, 2.75) is 50.4 Å². The van der Waals surface area contributed by atoms with E-state index in [1.165, 1.54) is 6.07 Å². The normalized spacial score (nSPS) is 24.5. The molecule has 0 radical (unpaired) electrons. The Labute approximate surface area is 259 Å². The molecule has 3 atom stereocenters. The van der Waals surface area contributed by atoms with E-state index < -0.39 is 17.5 Å². The highest BCUT2D eigenvalue weighted by molar-refractivity contribution is 6.04. The van der Waals surface area contributed by atoms with E-state index in [1.807, 2.05) is 19.1 Å². The van der Waals surface area contributed by atoms with Crippen LogP contribution in [0.3, 0.4) is 0 Å². The molecule has 4 aliphatic rings. The van der Waals surface area contributed by atoms with Gasteiger partial charge in [0.1, 0.15) is 47.5 Å². The summed E-state index contributed by atoms with van der Waals surface area (Å²) in [7, 11) is 0. The maximum Gasteiger partial charge on any atom is 0.319 e. The van der Waals surface area contributed by atoms with E-state index in [1.54, 1.807) is 6.07 Å². The van der Waals surface area contributed by atoms with E-state index in [9.17, 15) is 9.50 Å². The number of anilines is 1. The van der Waals surface area contributed by atoms with E-state index in [4.69, 9.17) is 30.6 Å². The molecule has 0 amide bonds. The first-order valence-electron chi connectivity index (χ1n) is 15.5. The molecule has 4 aromatic rings. The summed E-state index contributed by atoms with van der Waals surface area (Å²) in [6.45, 7) is 5.16. The third-order valence-electron chi connectivity index (χ3n) is 9.78. The number of terminal acetylenes is 1. The van der Waals surface area contributed by atoms with Gasteiger partial charge in [-0.2, -0.15) is 9.97 Å². The van der Waals surface area contributed by atoms with Gasteiger partial charge in [-0.1, -0.05) is 18.1 Å². The number of hydrogen-bond donors (Lipinski definition) is 1. The number of halogens is 2. The van der Waals surface area contributed by atoms with E-state index >= 15 is 4.39 Å². The maximum atomic E-state index is 17.0. The van der Waals surface area contributed by atoms with E-state index in [0.717, 1.165) is 31.4 Å². The number of ether oxygens (including phenoxy) is 3. The van der Waals surface area contributed by atoms with Gasteiger partial charge in [-0.15, -0.1) is 6.42 Å². The van der Waals surface area contributed by atoms with Crippen molar-refractivity contribution >= 4 is 27.5 Å². The quantitative estimate of drug-likeness (QED) is 0.322. The van der Waals surface area contributed by atoms with E-state index in [0.29, 0.717) is 65.8 Å². The maximum absolute atomic E-state index is 17.0. The second-order valence-corrected chi connectivity index (χ2v) is 12.6. The summed E-state index contributed by atoms with van der Waals surface area (Å²) in [5, 5.41) is 12.3. The van der Waals surface area contributed by atoms with Crippen LogP contribution in [0.15, 0.2) is 24.3 Å². The Kier molecular flexibility index (Phi) is 6.69. The number of phenols is 1. The van der Waals surface area contributed by atoms with Crippen molar-refractivity contribution in [1.29, 1.82) is 0 Å². The fraction of sp³-hybridized carbons (Fsp3) is 0.441. The molecule has 4 aliphatic heterocycles. The van der Waals surface area contributed by atoms with Crippen molar-refractivity contribution in [3.63, 3.8) is 0 Å². The van der Waals surface area contributed by atoms with Crippen LogP contribution in [0.25, 0.3) is 32.9 Å². The van der Waals surface area contributed by atoms with Gasteiger partial charge < -0.3 is 24.2 Å². The fourth-order valence-electron chi connectivity index (χ4n) is 7.65. The smallest absolute Gasteiger partial charge is 0.319 e. The SMILES string of the molecule is C#Cc1c(C)ccc2cc(O)cc(-c3nc4c5c(nc(OC[C@@]67CCCN6C[C@H](F)C7)nc5c3F)N3CCCOC[C@H]3CO4)c12.